The van der Waals surface area contributed by atoms with E-state index < -0.39 is 11.9 Å². The molecule has 0 aliphatic rings. The number of hydrogen-bond donors (Lipinski definition) is 1. The highest BCUT2D eigenvalue weighted by atomic mass is 32.1. The van der Waals surface area contributed by atoms with Gasteiger partial charge < -0.3 is 19.0 Å². The number of rotatable bonds is 5. The number of para-hydroxylation sites is 1. The van der Waals surface area contributed by atoms with Gasteiger partial charge in [-0.25, -0.2) is 0 Å². The topological polar surface area (TPSA) is 120 Å². The van der Waals surface area contributed by atoms with Crippen molar-refractivity contribution >= 4 is 56.0 Å². The molecular formula is C23H19N3O6S. The number of carbonyl (C=O) groups is 3. The average molecular weight is 465 g/mol. The molecule has 0 bridgehead atoms. The summed E-state index contributed by atoms with van der Waals surface area (Å²) in [5.74, 6) is -1.69. The third-order valence-corrected chi connectivity index (χ3v) is 5.68. The van der Waals surface area contributed by atoms with Crippen LogP contribution < -0.4 is 15.5 Å². The molecule has 0 saturated carbocycles. The van der Waals surface area contributed by atoms with E-state index in [1.165, 1.54) is 6.92 Å². The molecule has 4 aromatic rings. The highest BCUT2D eigenvalue weighted by Crippen LogP contribution is 2.22. The van der Waals surface area contributed by atoms with Gasteiger partial charge in [0.1, 0.15) is 12.1 Å². The first-order chi connectivity index (χ1) is 15.9. The first kappa shape index (κ1) is 22.2. The summed E-state index contributed by atoms with van der Waals surface area (Å²) in [6.45, 7) is 3.14. The standard InChI is InChI=1S/C23H19N3O6S/c1-3-31-21(29)12-26-16-9-8-14(24-13(2)27)10-20(16)33-23(26)25-22(30)19-11-17(28)15-6-4-5-7-18(15)32-19/h4-11H,3,12H2,1-2H3,(H,24,27). The van der Waals surface area contributed by atoms with Crippen LogP contribution in [-0.4, -0.2) is 29.0 Å². The van der Waals surface area contributed by atoms with Crippen LogP contribution in [0, 0.1) is 0 Å². The van der Waals surface area contributed by atoms with E-state index in [2.05, 4.69) is 10.3 Å². The van der Waals surface area contributed by atoms with Gasteiger partial charge in [-0.3, -0.25) is 19.2 Å². The number of fused-ring (bicyclic) bond motifs is 2. The smallest absolute Gasteiger partial charge is 0.326 e. The van der Waals surface area contributed by atoms with Crippen LogP contribution in [0.15, 0.2) is 62.7 Å². The second kappa shape index (κ2) is 9.21. The van der Waals surface area contributed by atoms with Crippen molar-refractivity contribution in [1.29, 1.82) is 0 Å². The number of benzene rings is 2. The summed E-state index contributed by atoms with van der Waals surface area (Å²) in [7, 11) is 0. The van der Waals surface area contributed by atoms with E-state index in [9.17, 15) is 19.2 Å². The molecule has 0 unspecified atom stereocenters. The minimum atomic E-state index is -0.760. The number of amides is 2. The maximum Gasteiger partial charge on any atom is 0.326 e. The Kier molecular flexibility index (Phi) is 6.18. The lowest BCUT2D eigenvalue weighted by atomic mass is 10.2. The summed E-state index contributed by atoms with van der Waals surface area (Å²) in [6.07, 6.45) is 0. The molecule has 33 heavy (non-hydrogen) atoms. The van der Waals surface area contributed by atoms with E-state index in [1.807, 2.05) is 0 Å². The summed E-state index contributed by atoms with van der Waals surface area (Å²) in [6, 6.07) is 12.8. The number of thiazole rings is 1. The number of nitrogens with one attached hydrogen (secondary N) is 1. The first-order valence-electron chi connectivity index (χ1n) is 10.0. The molecule has 0 saturated heterocycles. The van der Waals surface area contributed by atoms with Gasteiger partial charge in [0.2, 0.25) is 5.91 Å². The molecule has 2 aromatic carbocycles. The lowest BCUT2D eigenvalue weighted by Crippen LogP contribution is -2.23. The van der Waals surface area contributed by atoms with Crippen LogP contribution in [0.4, 0.5) is 5.69 Å². The summed E-state index contributed by atoms with van der Waals surface area (Å²) in [5.41, 5.74) is 1.12. The van der Waals surface area contributed by atoms with E-state index in [0.717, 1.165) is 17.4 Å². The van der Waals surface area contributed by atoms with Gasteiger partial charge in [-0.1, -0.05) is 23.5 Å². The Morgan fingerprint density at radius 3 is 2.70 bits per heavy atom. The van der Waals surface area contributed by atoms with Crippen molar-refractivity contribution in [3.8, 4) is 0 Å². The van der Waals surface area contributed by atoms with Crippen LogP contribution in [0.5, 0.6) is 0 Å². The highest BCUT2D eigenvalue weighted by molar-refractivity contribution is 7.16. The van der Waals surface area contributed by atoms with Crippen molar-refractivity contribution in [2.24, 2.45) is 4.99 Å². The summed E-state index contributed by atoms with van der Waals surface area (Å²) >= 11 is 1.15. The quantitative estimate of drug-likeness (QED) is 0.452. The molecule has 0 aliphatic heterocycles. The minimum Gasteiger partial charge on any atom is -0.465 e. The van der Waals surface area contributed by atoms with Gasteiger partial charge in [0.15, 0.2) is 16.0 Å². The largest absolute Gasteiger partial charge is 0.465 e. The molecule has 1 N–H and O–H groups in total. The van der Waals surface area contributed by atoms with Crippen molar-refractivity contribution in [2.75, 3.05) is 11.9 Å². The van der Waals surface area contributed by atoms with Crippen LogP contribution >= 0.6 is 11.3 Å². The third kappa shape index (κ3) is 4.75. The minimum absolute atomic E-state index is 0.166. The number of ether oxygens (including phenoxy) is 1. The molecule has 0 atom stereocenters. The second-order valence-electron chi connectivity index (χ2n) is 7.03. The number of esters is 1. The zero-order valence-corrected chi connectivity index (χ0v) is 18.6. The Morgan fingerprint density at radius 1 is 1.15 bits per heavy atom. The van der Waals surface area contributed by atoms with Gasteiger partial charge in [0.25, 0.3) is 0 Å². The van der Waals surface area contributed by atoms with Crippen molar-refractivity contribution < 1.29 is 23.5 Å². The molecule has 2 aromatic heterocycles. The maximum absolute atomic E-state index is 12.9. The summed E-state index contributed by atoms with van der Waals surface area (Å²) in [4.78, 5) is 53.2. The van der Waals surface area contributed by atoms with Gasteiger partial charge in [-0.2, -0.15) is 4.99 Å². The highest BCUT2D eigenvalue weighted by Gasteiger charge is 2.16. The van der Waals surface area contributed by atoms with Crippen LogP contribution in [0.3, 0.4) is 0 Å². The molecule has 168 valence electrons. The maximum atomic E-state index is 12.9. The van der Waals surface area contributed by atoms with Gasteiger partial charge >= 0.3 is 11.9 Å². The van der Waals surface area contributed by atoms with E-state index in [-0.39, 0.29) is 40.6 Å². The summed E-state index contributed by atoms with van der Waals surface area (Å²) in [5, 5.41) is 3.06. The average Bonchev–Trinajstić information content (AvgIpc) is 3.09. The van der Waals surface area contributed by atoms with E-state index in [0.29, 0.717) is 21.3 Å². The lowest BCUT2D eigenvalue weighted by Gasteiger charge is -2.06. The summed E-state index contributed by atoms with van der Waals surface area (Å²) < 4.78 is 12.9. The van der Waals surface area contributed by atoms with Crippen LogP contribution in [-0.2, 0) is 20.9 Å². The number of anilines is 1. The van der Waals surface area contributed by atoms with Crippen LogP contribution in [0.25, 0.3) is 21.2 Å². The Morgan fingerprint density at radius 2 is 1.94 bits per heavy atom. The van der Waals surface area contributed by atoms with Crippen molar-refractivity contribution in [2.45, 2.75) is 20.4 Å². The molecule has 9 nitrogen and oxygen atoms in total. The SMILES string of the molecule is CCOC(=O)Cn1c(=NC(=O)c2cc(=O)c3ccccc3o2)sc2cc(NC(C)=O)ccc21. The molecule has 0 aliphatic carbocycles. The van der Waals surface area contributed by atoms with Gasteiger partial charge in [0, 0.05) is 18.7 Å². The van der Waals surface area contributed by atoms with Crippen molar-refractivity contribution in [1.82, 2.24) is 4.57 Å². The van der Waals surface area contributed by atoms with Crippen molar-refractivity contribution in [3.63, 3.8) is 0 Å². The Bertz CT molecular complexity index is 1530. The van der Waals surface area contributed by atoms with Crippen LogP contribution in [0.2, 0.25) is 0 Å². The predicted molar refractivity (Wildman–Crippen MR) is 123 cm³/mol. The van der Waals surface area contributed by atoms with Gasteiger partial charge in [-0.05, 0) is 37.3 Å². The fourth-order valence-corrected chi connectivity index (χ4v) is 4.35. The first-order valence-corrected chi connectivity index (χ1v) is 10.9. The number of carbonyl (C=O) groups excluding carboxylic acids is 3. The third-order valence-electron chi connectivity index (χ3n) is 4.64. The molecule has 2 amide bonds. The molecule has 2 heterocycles. The number of hydrogen-bond acceptors (Lipinski definition) is 7. The fraction of sp³-hybridized carbons (Fsp3) is 0.174. The van der Waals surface area contributed by atoms with E-state index in [4.69, 9.17) is 9.15 Å². The Hall–Kier alpha value is -4.05. The van der Waals surface area contributed by atoms with Crippen molar-refractivity contribution in [3.05, 3.63) is 69.3 Å². The molecule has 10 heteroatoms. The van der Waals surface area contributed by atoms with E-state index >= 15 is 0 Å². The zero-order valence-electron chi connectivity index (χ0n) is 17.8. The van der Waals surface area contributed by atoms with E-state index in [1.54, 1.807) is 54.0 Å². The molecular weight excluding hydrogens is 446 g/mol. The second-order valence-corrected chi connectivity index (χ2v) is 8.04. The molecule has 0 spiro atoms. The normalized spacial score (nSPS) is 11.6. The Balaban J connectivity index is 1.83. The number of nitrogens with zero attached hydrogens (tertiary/aromatic N) is 2. The predicted octanol–water partition coefficient (Wildman–Crippen LogP) is 3.07. The molecule has 4 rings (SSSR count). The zero-order chi connectivity index (χ0) is 23.5. The Labute approximate surface area is 190 Å². The monoisotopic (exact) mass is 465 g/mol. The van der Waals surface area contributed by atoms with Gasteiger partial charge in [-0.15, -0.1) is 0 Å². The van der Waals surface area contributed by atoms with Crippen LogP contribution in [0.1, 0.15) is 24.4 Å². The molecule has 0 radical (unpaired) electrons. The lowest BCUT2D eigenvalue weighted by molar-refractivity contribution is -0.143. The number of aromatic nitrogens is 1. The van der Waals surface area contributed by atoms with Gasteiger partial charge in [0.05, 0.1) is 22.2 Å². The molecule has 0 fully saturated rings. The fourth-order valence-electron chi connectivity index (χ4n) is 3.28.